The fourth-order valence-corrected chi connectivity index (χ4v) is 1.45. The second kappa shape index (κ2) is 5.85. The van der Waals surface area contributed by atoms with Crippen LogP contribution in [-0.4, -0.2) is 34.1 Å². The molecule has 0 amide bonds. The van der Waals surface area contributed by atoms with Gasteiger partial charge < -0.3 is 10.0 Å². The molecule has 90 valence electrons. The number of carboxylic acid groups (broad SMARTS) is 1. The number of terminal acetylenes is 1. The molecular formula is C12H15N3O2. The Labute approximate surface area is 101 Å². The van der Waals surface area contributed by atoms with Crippen molar-refractivity contribution in [3.8, 4) is 12.3 Å². The fourth-order valence-electron chi connectivity index (χ4n) is 1.45. The second-order valence-electron chi connectivity index (χ2n) is 3.60. The van der Waals surface area contributed by atoms with Gasteiger partial charge in [-0.25, -0.2) is 14.8 Å². The second-order valence-corrected chi connectivity index (χ2v) is 3.60. The van der Waals surface area contributed by atoms with Crippen LogP contribution in [0.5, 0.6) is 0 Å². The fraction of sp³-hybridized carbons (Fsp3) is 0.417. The van der Waals surface area contributed by atoms with Crippen LogP contribution >= 0.6 is 0 Å². The first-order valence-electron chi connectivity index (χ1n) is 5.35. The van der Waals surface area contributed by atoms with Gasteiger partial charge in [-0.3, -0.25) is 0 Å². The summed E-state index contributed by atoms with van der Waals surface area (Å²) in [5, 5.41) is 8.88. The van der Waals surface area contributed by atoms with Crippen LogP contribution in [0, 0.1) is 19.3 Å². The lowest BCUT2D eigenvalue weighted by Gasteiger charge is -2.19. The average molecular weight is 233 g/mol. The summed E-state index contributed by atoms with van der Waals surface area (Å²) in [6, 6.07) is 0. The third kappa shape index (κ3) is 3.18. The quantitative estimate of drug-likeness (QED) is 0.777. The van der Waals surface area contributed by atoms with Crippen molar-refractivity contribution < 1.29 is 9.90 Å². The molecule has 1 N–H and O–H groups in total. The van der Waals surface area contributed by atoms with Gasteiger partial charge in [-0.1, -0.05) is 12.8 Å². The summed E-state index contributed by atoms with van der Waals surface area (Å²) in [5.41, 5.74) is 0.562. The molecule has 1 aromatic rings. The topological polar surface area (TPSA) is 66.3 Å². The van der Waals surface area contributed by atoms with E-state index in [9.17, 15) is 4.79 Å². The first-order chi connectivity index (χ1) is 8.10. The highest BCUT2D eigenvalue weighted by Gasteiger charge is 2.13. The average Bonchev–Trinajstić information content (AvgIpc) is 2.28. The summed E-state index contributed by atoms with van der Waals surface area (Å²) in [4.78, 5) is 20.9. The Morgan fingerprint density at radius 2 is 2.35 bits per heavy atom. The predicted octanol–water partition coefficient (Wildman–Crippen LogP) is 1.33. The van der Waals surface area contributed by atoms with Gasteiger partial charge in [0.1, 0.15) is 0 Å². The van der Waals surface area contributed by atoms with Crippen LogP contribution in [0.25, 0.3) is 0 Å². The van der Waals surface area contributed by atoms with E-state index >= 15 is 0 Å². The van der Waals surface area contributed by atoms with Crippen LogP contribution in [0.3, 0.4) is 0 Å². The highest BCUT2D eigenvalue weighted by Crippen LogP contribution is 2.11. The molecule has 1 aromatic heterocycles. The van der Waals surface area contributed by atoms with Crippen molar-refractivity contribution >= 4 is 11.9 Å². The summed E-state index contributed by atoms with van der Waals surface area (Å²) in [7, 11) is 0. The maximum atomic E-state index is 10.8. The molecule has 5 nitrogen and oxygen atoms in total. The van der Waals surface area contributed by atoms with Crippen molar-refractivity contribution in [3.05, 3.63) is 17.5 Å². The smallest absolute Gasteiger partial charge is 0.339 e. The standard InChI is InChI=1S/C12H15N3O2/c1-4-6-15(7-5-2)12-13-8-10(11(16)17)9(3)14-12/h1,8H,5-7H2,2-3H3,(H,16,17). The molecule has 0 unspecified atom stereocenters. The van der Waals surface area contributed by atoms with Crippen molar-refractivity contribution in [1.29, 1.82) is 0 Å². The van der Waals surface area contributed by atoms with Crippen LogP contribution in [0.1, 0.15) is 29.4 Å². The zero-order valence-corrected chi connectivity index (χ0v) is 9.97. The van der Waals surface area contributed by atoms with Gasteiger partial charge in [-0.05, 0) is 13.3 Å². The zero-order valence-electron chi connectivity index (χ0n) is 9.97. The first kappa shape index (κ1) is 13.0. The number of anilines is 1. The summed E-state index contributed by atoms with van der Waals surface area (Å²) in [5.74, 6) is 2.00. The number of carboxylic acids is 1. The number of nitrogens with zero attached hydrogens (tertiary/aromatic N) is 3. The van der Waals surface area contributed by atoms with Gasteiger partial charge in [0.05, 0.1) is 17.8 Å². The number of rotatable bonds is 5. The Kier molecular flexibility index (Phi) is 4.46. The molecule has 0 aromatic carbocycles. The third-order valence-electron chi connectivity index (χ3n) is 2.26. The number of hydrogen-bond acceptors (Lipinski definition) is 4. The van der Waals surface area contributed by atoms with Crippen molar-refractivity contribution in [2.45, 2.75) is 20.3 Å². The molecule has 0 spiro atoms. The Bertz CT molecular complexity index is 452. The van der Waals surface area contributed by atoms with Gasteiger partial charge in [-0.2, -0.15) is 0 Å². The minimum Gasteiger partial charge on any atom is -0.478 e. The van der Waals surface area contributed by atoms with Crippen molar-refractivity contribution in [2.75, 3.05) is 18.0 Å². The van der Waals surface area contributed by atoms with E-state index in [0.717, 1.165) is 13.0 Å². The molecule has 17 heavy (non-hydrogen) atoms. The molecule has 5 heteroatoms. The summed E-state index contributed by atoms with van der Waals surface area (Å²) in [6.45, 7) is 4.84. The minimum absolute atomic E-state index is 0.117. The third-order valence-corrected chi connectivity index (χ3v) is 2.26. The largest absolute Gasteiger partial charge is 0.478 e. The monoisotopic (exact) mass is 233 g/mol. The predicted molar refractivity (Wildman–Crippen MR) is 65.1 cm³/mol. The lowest BCUT2D eigenvalue weighted by molar-refractivity contribution is 0.0695. The van der Waals surface area contributed by atoms with Gasteiger partial charge in [0, 0.05) is 12.7 Å². The first-order valence-corrected chi connectivity index (χ1v) is 5.35. The molecule has 0 aliphatic carbocycles. The van der Waals surface area contributed by atoms with Crippen LogP contribution < -0.4 is 4.90 Å². The SMILES string of the molecule is C#CCN(CCC)c1ncc(C(=O)O)c(C)n1. The molecule has 0 aliphatic rings. The van der Waals surface area contributed by atoms with Gasteiger partial charge in [0.25, 0.3) is 0 Å². The Morgan fingerprint density at radius 3 is 2.82 bits per heavy atom. The van der Waals surface area contributed by atoms with Crippen molar-refractivity contribution in [1.82, 2.24) is 9.97 Å². The van der Waals surface area contributed by atoms with E-state index in [1.807, 2.05) is 11.8 Å². The normalized spacial score (nSPS) is 9.71. The highest BCUT2D eigenvalue weighted by atomic mass is 16.4. The lowest BCUT2D eigenvalue weighted by Crippen LogP contribution is -2.27. The Balaban J connectivity index is 3.02. The molecular weight excluding hydrogens is 218 g/mol. The number of aromatic nitrogens is 2. The maximum absolute atomic E-state index is 10.8. The molecule has 1 heterocycles. The molecule has 0 fully saturated rings. The van der Waals surface area contributed by atoms with Gasteiger partial charge in [0.2, 0.25) is 5.95 Å². The number of aryl methyl sites for hydroxylation is 1. The van der Waals surface area contributed by atoms with E-state index in [1.54, 1.807) is 6.92 Å². The zero-order chi connectivity index (χ0) is 12.8. The van der Waals surface area contributed by atoms with E-state index in [4.69, 9.17) is 11.5 Å². The van der Waals surface area contributed by atoms with E-state index < -0.39 is 5.97 Å². The Hall–Kier alpha value is -2.09. The Morgan fingerprint density at radius 1 is 1.65 bits per heavy atom. The van der Waals surface area contributed by atoms with E-state index in [-0.39, 0.29) is 5.56 Å². The number of hydrogen-bond donors (Lipinski definition) is 1. The molecule has 0 saturated carbocycles. The lowest BCUT2D eigenvalue weighted by atomic mass is 10.2. The summed E-state index contributed by atoms with van der Waals surface area (Å²) >= 11 is 0. The van der Waals surface area contributed by atoms with E-state index in [0.29, 0.717) is 18.2 Å². The highest BCUT2D eigenvalue weighted by molar-refractivity contribution is 5.88. The van der Waals surface area contributed by atoms with Crippen LogP contribution in [0.2, 0.25) is 0 Å². The summed E-state index contributed by atoms with van der Waals surface area (Å²) < 4.78 is 0. The van der Waals surface area contributed by atoms with Gasteiger partial charge >= 0.3 is 5.97 Å². The van der Waals surface area contributed by atoms with Crippen LogP contribution in [-0.2, 0) is 0 Å². The van der Waals surface area contributed by atoms with E-state index in [1.165, 1.54) is 6.20 Å². The van der Waals surface area contributed by atoms with Gasteiger partial charge in [-0.15, -0.1) is 6.42 Å². The molecule has 0 radical (unpaired) electrons. The van der Waals surface area contributed by atoms with E-state index in [2.05, 4.69) is 15.9 Å². The maximum Gasteiger partial charge on any atom is 0.339 e. The molecule has 0 aliphatic heterocycles. The molecule has 1 rings (SSSR count). The molecule has 0 bridgehead atoms. The number of aromatic carboxylic acids is 1. The van der Waals surface area contributed by atoms with Crippen LogP contribution in [0.4, 0.5) is 5.95 Å². The summed E-state index contributed by atoms with van der Waals surface area (Å²) in [6.07, 6.45) is 7.51. The molecule has 0 saturated heterocycles. The van der Waals surface area contributed by atoms with Gasteiger partial charge in [0.15, 0.2) is 0 Å². The van der Waals surface area contributed by atoms with Crippen molar-refractivity contribution in [2.24, 2.45) is 0 Å². The molecule has 0 atom stereocenters. The minimum atomic E-state index is -1.02. The van der Waals surface area contributed by atoms with Crippen LogP contribution in [0.15, 0.2) is 6.20 Å². The van der Waals surface area contributed by atoms with Crippen molar-refractivity contribution in [3.63, 3.8) is 0 Å². The number of carbonyl (C=O) groups is 1.